The molecule has 0 heterocycles. The molecule has 1 unspecified atom stereocenters. The van der Waals surface area contributed by atoms with Crippen LogP contribution in [0.4, 0.5) is 0 Å². The largest absolute Gasteiger partial charge is 0.462 e. The molecule has 0 bridgehead atoms. The quantitative estimate of drug-likeness (QED) is 0.484. The summed E-state index contributed by atoms with van der Waals surface area (Å²) in [6.07, 6.45) is 9.60. The van der Waals surface area contributed by atoms with Crippen molar-refractivity contribution in [2.24, 2.45) is 5.41 Å². The van der Waals surface area contributed by atoms with E-state index < -0.39 is 5.41 Å². The molecular formula is C15H28O2. The Hall–Kier alpha value is -0.790. The van der Waals surface area contributed by atoms with Gasteiger partial charge in [0.1, 0.15) is 6.10 Å². The van der Waals surface area contributed by atoms with Gasteiger partial charge in [0.2, 0.25) is 0 Å². The maximum Gasteiger partial charge on any atom is 0.311 e. The van der Waals surface area contributed by atoms with Gasteiger partial charge in [-0.2, -0.15) is 0 Å². The van der Waals surface area contributed by atoms with E-state index in [9.17, 15) is 4.79 Å². The van der Waals surface area contributed by atoms with Gasteiger partial charge < -0.3 is 4.74 Å². The Labute approximate surface area is 106 Å². The summed E-state index contributed by atoms with van der Waals surface area (Å²) in [5.74, 6) is -0.0955. The van der Waals surface area contributed by atoms with Gasteiger partial charge in [0.25, 0.3) is 0 Å². The lowest BCUT2D eigenvalue weighted by Gasteiger charge is -2.22. The van der Waals surface area contributed by atoms with Gasteiger partial charge in [-0.15, -0.1) is 0 Å². The van der Waals surface area contributed by atoms with Crippen LogP contribution in [0.1, 0.15) is 66.7 Å². The third-order valence-electron chi connectivity index (χ3n) is 2.62. The van der Waals surface area contributed by atoms with E-state index >= 15 is 0 Å². The fourth-order valence-electron chi connectivity index (χ4n) is 1.36. The minimum Gasteiger partial charge on any atom is -0.462 e. The van der Waals surface area contributed by atoms with Crippen molar-refractivity contribution in [3.05, 3.63) is 12.2 Å². The predicted molar refractivity (Wildman–Crippen MR) is 72.9 cm³/mol. The Morgan fingerprint density at radius 1 is 1.18 bits per heavy atom. The molecule has 0 rings (SSSR count). The number of carbonyl (C=O) groups excluding carboxylic acids is 1. The van der Waals surface area contributed by atoms with Crippen LogP contribution in [-0.4, -0.2) is 12.1 Å². The Balaban J connectivity index is 3.96. The van der Waals surface area contributed by atoms with Crippen molar-refractivity contribution in [1.29, 1.82) is 0 Å². The third-order valence-corrected chi connectivity index (χ3v) is 2.62. The number of rotatable bonds is 7. The van der Waals surface area contributed by atoms with E-state index in [0.717, 1.165) is 25.7 Å². The molecule has 0 spiro atoms. The lowest BCUT2D eigenvalue weighted by Crippen LogP contribution is -2.27. The highest BCUT2D eigenvalue weighted by Gasteiger charge is 2.25. The highest BCUT2D eigenvalue weighted by Crippen LogP contribution is 2.19. The second-order valence-electron chi connectivity index (χ2n) is 5.52. The average molecular weight is 240 g/mol. The Kier molecular flexibility index (Phi) is 7.94. The summed E-state index contributed by atoms with van der Waals surface area (Å²) < 4.78 is 5.50. The minimum atomic E-state index is -0.397. The highest BCUT2D eigenvalue weighted by atomic mass is 16.5. The summed E-state index contributed by atoms with van der Waals surface area (Å²) in [7, 11) is 0. The first-order chi connectivity index (χ1) is 7.91. The van der Waals surface area contributed by atoms with Crippen LogP contribution in [0.3, 0.4) is 0 Å². The Morgan fingerprint density at radius 2 is 1.76 bits per heavy atom. The fourth-order valence-corrected chi connectivity index (χ4v) is 1.36. The van der Waals surface area contributed by atoms with Gasteiger partial charge in [0.15, 0.2) is 0 Å². The topological polar surface area (TPSA) is 26.3 Å². The van der Waals surface area contributed by atoms with Crippen LogP contribution in [-0.2, 0) is 9.53 Å². The molecule has 0 fully saturated rings. The molecule has 2 heteroatoms. The summed E-state index contributed by atoms with van der Waals surface area (Å²) in [6, 6.07) is 0. The third kappa shape index (κ3) is 8.00. The molecule has 0 saturated carbocycles. The van der Waals surface area contributed by atoms with Gasteiger partial charge in [-0.3, -0.25) is 4.79 Å². The maximum absolute atomic E-state index is 11.7. The number of unbranched alkanes of at least 4 members (excludes halogenated alkanes) is 1. The number of carbonyl (C=O) groups is 1. The zero-order valence-electron chi connectivity index (χ0n) is 12.1. The van der Waals surface area contributed by atoms with Crippen LogP contribution in [0.2, 0.25) is 0 Å². The van der Waals surface area contributed by atoms with E-state index in [1.54, 1.807) is 0 Å². The minimum absolute atomic E-state index is 0.0630. The Morgan fingerprint density at radius 3 is 2.24 bits per heavy atom. The molecule has 1 atom stereocenters. The fraction of sp³-hybridized carbons (Fsp3) is 0.800. The van der Waals surface area contributed by atoms with Gasteiger partial charge in [0, 0.05) is 0 Å². The number of hydrogen-bond donors (Lipinski definition) is 0. The number of allylic oxidation sites excluding steroid dienone is 2. The van der Waals surface area contributed by atoms with Crippen molar-refractivity contribution in [2.45, 2.75) is 72.8 Å². The van der Waals surface area contributed by atoms with E-state index in [2.05, 4.69) is 26.0 Å². The number of ether oxygens (including phenoxy) is 1. The van der Waals surface area contributed by atoms with Gasteiger partial charge in [-0.1, -0.05) is 32.4 Å². The van der Waals surface area contributed by atoms with Gasteiger partial charge >= 0.3 is 5.97 Å². The summed E-state index contributed by atoms with van der Waals surface area (Å²) in [5, 5.41) is 0. The molecule has 0 aliphatic rings. The first-order valence-electron chi connectivity index (χ1n) is 6.77. The van der Waals surface area contributed by atoms with E-state index in [4.69, 9.17) is 4.74 Å². The molecule has 0 aliphatic heterocycles. The molecule has 2 nitrogen and oxygen atoms in total. The van der Waals surface area contributed by atoms with Crippen molar-refractivity contribution in [1.82, 2.24) is 0 Å². The molecule has 100 valence electrons. The van der Waals surface area contributed by atoms with Crippen molar-refractivity contribution >= 4 is 5.97 Å². The zero-order chi connectivity index (χ0) is 13.3. The van der Waals surface area contributed by atoms with Crippen molar-refractivity contribution in [2.75, 3.05) is 0 Å². The molecule has 0 aromatic heterocycles. The molecule has 17 heavy (non-hydrogen) atoms. The van der Waals surface area contributed by atoms with E-state index in [-0.39, 0.29) is 12.1 Å². The van der Waals surface area contributed by atoms with Gasteiger partial charge in [-0.05, 0) is 46.5 Å². The number of esters is 1. The summed E-state index contributed by atoms with van der Waals surface area (Å²) in [4.78, 5) is 11.7. The maximum atomic E-state index is 11.7. The molecule has 0 aromatic rings. The van der Waals surface area contributed by atoms with Gasteiger partial charge in [-0.25, -0.2) is 0 Å². The zero-order valence-corrected chi connectivity index (χ0v) is 12.1. The van der Waals surface area contributed by atoms with Crippen LogP contribution in [0, 0.1) is 5.41 Å². The molecule has 0 aliphatic carbocycles. The lowest BCUT2D eigenvalue weighted by molar-refractivity contribution is -0.159. The monoisotopic (exact) mass is 240 g/mol. The van der Waals surface area contributed by atoms with E-state index in [1.165, 1.54) is 6.42 Å². The summed E-state index contributed by atoms with van der Waals surface area (Å²) >= 11 is 0. The first kappa shape index (κ1) is 16.2. The highest BCUT2D eigenvalue weighted by molar-refractivity contribution is 5.75. The average Bonchev–Trinajstić information content (AvgIpc) is 2.25. The molecule has 0 saturated heterocycles. The van der Waals surface area contributed by atoms with E-state index in [1.807, 2.05) is 20.8 Å². The standard InChI is InChI=1S/C15H28O2/c1-6-8-9-10-11-12-13(7-2)17-14(16)15(3,4)5/h9-10,13H,6-8,11-12H2,1-5H3/b10-9+. The van der Waals surface area contributed by atoms with Crippen LogP contribution < -0.4 is 0 Å². The summed E-state index contributed by atoms with van der Waals surface area (Å²) in [6.45, 7) is 9.91. The lowest BCUT2D eigenvalue weighted by atomic mass is 9.97. The van der Waals surface area contributed by atoms with E-state index in [0.29, 0.717) is 0 Å². The van der Waals surface area contributed by atoms with Crippen LogP contribution >= 0.6 is 0 Å². The number of hydrogen-bond acceptors (Lipinski definition) is 2. The van der Waals surface area contributed by atoms with Crippen LogP contribution in [0.5, 0.6) is 0 Å². The smallest absolute Gasteiger partial charge is 0.311 e. The van der Waals surface area contributed by atoms with Crippen LogP contribution in [0.25, 0.3) is 0 Å². The van der Waals surface area contributed by atoms with Crippen molar-refractivity contribution < 1.29 is 9.53 Å². The Bertz CT molecular complexity index is 236. The summed E-state index contributed by atoms with van der Waals surface area (Å²) in [5.41, 5.74) is -0.397. The SMILES string of the molecule is CCC/C=C/CCC(CC)OC(=O)C(C)(C)C. The molecule has 0 amide bonds. The normalized spacial score (nSPS) is 13.9. The molecule has 0 aromatic carbocycles. The molecule has 0 radical (unpaired) electrons. The first-order valence-corrected chi connectivity index (χ1v) is 6.77. The van der Waals surface area contributed by atoms with Crippen molar-refractivity contribution in [3.63, 3.8) is 0 Å². The second kappa shape index (κ2) is 8.32. The molecular weight excluding hydrogens is 212 g/mol. The predicted octanol–water partition coefficient (Wildman–Crippen LogP) is 4.49. The molecule has 0 N–H and O–H groups in total. The van der Waals surface area contributed by atoms with Gasteiger partial charge in [0.05, 0.1) is 5.41 Å². The van der Waals surface area contributed by atoms with Crippen LogP contribution in [0.15, 0.2) is 12.2 Å². The van der Waals surface area contributed by atoms with Crippen molar-refractivity contribution in [3.8, 4) is 0 Å². The second-order valence-corrected chi connectivity index (χ2v) is 5.52.